The summed E-state index contributed by atoms with van der Waals surface area (Å²) in [6.45, 7) is 6.62. The zero-order valence-corrected chi connectivity index (χ0v) is 13.6. The maximum absolute atomic E-state index is 13.4. The average Bonchev–Trinajstić information content (AvgIpc) is 2.91. The van der Waals surface area contributed by atoms with Gasteiger partial charge in [-0.05, 0) is 61.4 Å². The van der Waals surface area contributed by atoms with Gasteiger partial charge in [-0.1, -0.05) is 51.7 Å². The van der Waals surface area contributed by atoms with Gasteiger partial charge in [0.25, 0.3) is 0 Å². The number of halogens is 1. The summed E-state index contributed by atoms with van der Waals surface area (Å²) in [5, 5.41) is 3.60. The van der Waals surface area contributed by atoms with Crippen LogP contribution >= 0.6 is 0 Å². The Hall–Kier alpha value is -0.890. The van der Waals surface area contributed by atoms with Gasteiger partial charge in [0.2, 0.25) is 0 Å². The first-order valence-electron chi connectivity index (χ1n) is 8.58. The molecule has 0 spiro atoms. The van der Waals surface area contributed by atoms with Crippen LogP contribution in [0.15, 0.2) is 24.3 Å². The molecule has 0 aliphatic heterocycles. The minimum absolute atomic E-state index is 0.109. The van der Waals surface area contributed by atoms with Gasteiger partial charge in [-0.3, -0.25) is 0 Å². The van der Waals surface area contributed by atoms with E-state index in [0.717, 1.165) is 31.0 Å². The first-order chi connectivity index (χ1) is 10.1. The highest BCUT2D eigenvalue weighted by Crippen LogP contribution is 2.31. The predicted molar refractivity (Wildman–Crippen MR) is 87.9 cm³/mol. The summed E-state index contributed by atoms with van der Waals surface area (Å²) in [4.78, 5) is 0. The van der Waals surface area contributed by atoms with Crippen LogP contribution in [-0.4, -0.2) is 13.1 Å². The Morgan fingerprint density at radius 1 is 1.19 bits per heavy atom. The van der Waals surface area contributed by atoms with Crippen LogP contribution in [-0.2, 0) is 6.42 Å². The predicted octanol–water partition coefficient (Wildman–Crippen LogP) is 4.81. The maximum Gasteiger partial charge on any atom is 0.123 e. The van der Waals surface area contributed by atoms with Gasteiger partial charge in [0, 0.05) is 0 Å². The molecule has 0 amide bonds. The number of nitrogens with one attached hydrogen (secondary N) is 1. The van der Waals surface area contributed by atoms with E-state index in [2.05, 4.69) is 25.2 Å². The summed E-state index contributed by atoms with van der Waals surface area (Å²) in [5.74, 6) is 2.10. The second-order valence-electron chi connectivity index (χ2n) is 7.14. The molecule has 21 heavy (non-hydrogen) atoms. The second kappa shape index (κ2) is 8.53. The van der Waals surface area contributed by atoms with Crippen molar-refractivity contribution < 1.29 is 4.39 Å². The highest BCUT2D eigenvalue weighted by atomic mass is 19.1. The molecular weight excluding hydrogens is 261 g/mol. The Morgan fingerprint density at radius 3 is 2.62 bits per heavy atom. The van der Waals surface area contributed by atoms with Crippen molar-refractivity contribution in [1.82, 2.24) is 5.32 Å². The average molecular weight is 291 g/mol. The second-order valence-corrected chi connectivity index (χ2v) is 7.14. The smallest absolute Gasteiger partial charge is 0.123 e. The van der Waals surface area contributed by atoms with Gasteiger partial charge in [-0.2, -0.15) is 0 Å². The Labute approximate surface area is 129 Å². The fourth-order valence-corrected chi connectivity index (χ4v) is 3.53. The number of rotatable bonds is 8. The molecule has 2 rings (SSSR count). The first-order valence-corrected chi connectivity index (χ1v) is 8.58. The SMILES string of the molecule is CC(C)CNCC(Cc1cccc(F)c1)CC1CCCC1. The lowest BCUT2D eigenvalue weighted by atomic mass is 9.88. The van der Waals surface area contributed by atoms with Crippen molar-refractivity contribution >= 4 is 0 Å². The van der Waals surface area contributed by atoms with Crippen molar-refractivity contribution in [3.05, 3.63) is 35.6 Å². The topological polar surface area (TPSA) is 12.0 Å². The van der Waals surface area contributed by atoms with Crippen LogP contribution in [0.4, 0.5) is 4.39 Å². The van der Waals surface area contributed by atoms with Crippen LogP contribution in [0.5, 0.6) is 0 Å². The third kappa shape index (κ3) is 6.17. The maximum atomic E-state index is 13.4. The van der Waals surface area contributed by atoms with Crippen molar-refractivity contribution in [3.8, 4) is 0 Å². The van der Waals surface area contributed by atoms with E-state index in [1.54, 1.807) is 6.07 Å². The number of benzene rings is 1. The Bertz CT molecular complexity index is 410. The molecular formula is C19H30FN. The van der Waals surface area contributed by atoms with Crippen LogP contribution in [0.25, 0.3) is 0 Å². The van der Waals surface area contributed by atoms with E-state index >= 15 is 0 Å². The van der Waals surface area contributed by atoms with E-state index in [1.165, 1.54) is 38.2 Å². The molecule has 0 heterocycles. The third-order valence-corrected chi connectivity index (χ3v) is 4.54. The molecule has 1 unspecified atom stereocenters. The molecule has 118 valence electrons. The van der Waals surface area contributed by atoms with Crippen molar-refractivity contribution in [1.29, 1.82) is 0 Å². The van der Waals surface area contributed by atoms with Crippen molar-refractivity contribution in [2.45, 2.75) is 52.4 Å². The van der Waals surface area contributed by atoms with E-state index in [1.807, 2.05) is 6.07 Å². The monoisotopic (exact) mass is 291 g/mol. The molecule has 1 fully saturated rings. The molecule has 1 atom stereocenters. The van der Waals surface area contributed by atoms with Gasteiger partial charge in [0.05, 0.1) is 0 Å². The number of hydrogen-bond donors (Lipinski definition) is 1. The van der Waals surface area contributed by atoms with Crippen molar-refractivity contribution in [3.63, 3.8) is 0 Å². The molecule has 0 bridgehead atoms. The van der Waals surface area contributed by atoms with Crippen LogP contribution in [0.3, 0.4) is 0 Å². The lowest BCUT2D eigenvalue weighted by molar-refractivity contribution is 0.351. The molecule has 1 saturated carbocycles. The summed E-state index contributed by atoms with van der Waals surface area (Å²) in [6, 6.07) is 7.13. The van der Waals surface area contributed by atoms with Crippen molar-refractivity contribution in [2.24, 2.45) is 17.8 Å². The van der Waals surface area contributed by atoms with Crippen LogP contribution in [0.1, 0.15) is 51.5 Å². The van der Waals surface area contributed by atoms with Gasteiger partial charge < -0.3 is 5.32 Å². The van der Waals surface area contributed by atoms with E-state index < -0.39 is 0 Å². The fraction of sp³-hybridized carbons (Fsp3) is 0.684. The zero-order chi connectivity index (χ0) is 15.1. The van der Waals surface area contributed by atoms with Gasteiger partial charge >= 0.3 is 0 Å². The summed E-state index contributed by atoms with van der Waals surface area (Å²) in [6.07, 6.45) is 7.88. The highest BCUT2D eigenvalue weighted by molar-refractivity contribution is 5.17. The zero-order valence-electron chi connectivity index (χ0n) is 13.6. The fourth-order valence-electron chi connectivity index (χ4n) is 3.53. The van der Waals surface area contributed by atoms with Crippen LogP contribution in [0, 0.1) is 23.6 Å². The van der Waals surface area contributed by atoms with Gasteiger partial charge in [-0.25, -0.2) is 4.39 Å². The molecule has 1 aromatic carbocycles. The van der Waals surface area contributed by atoms with Crippen LogP contribution < -0.4 is 5.32 Å². The largest absolute Gasteiger partial charge is 0.316 e. The lowest BCUT2D eigenvalue weighted by Crippen LogP contribution is -2.28. The summed E-state index contributed by atoms with van der Waals surface area (Å²) < 4.78 is 13.4. The summed E-state index contributed by atoms with van der Waals surface area (Å²) in [7, 11) is 0. The molecule has 1 aliphatic carbocycles. The summed E-state index contributed by atoms with van der Waals surface area (Å²) in [5.41, 5.74) is 1.14. The number of hydrogen-bond acceptors (Lipinski definition) is 1. The Morgan fingerprint density at radius 2 is 1.95 bits per heavy atom. The molecule has 1 aliphatic rings. The molecule has 1 nitrogen and oxygen atoms in total. The molecule has 1 aromatic rings. The third-order valence-electron chi connectivity index (χ3n) is 4.54. The lowest BCUT2D eigenvalue weighted by Gasteiger charge is -2.22. The highest BCUT2D eigenvalue weighted by Gasteiger charge is 2.20. The van der Waals surface area contributed by atoms with E-state index in [4.69, 9.17) is 0 Å². The minimum atomic E-state index is -0.109. The molecule has 1 N–H and O–H groups in total. The van der Waals surface area contributed by atoms with Crippen LogP contribution in [0.2, 0.25) is 0 Å². The first kappa shape index (κ1) is 16.5. The Balaban J connectivity index is 1.89. The van der Waals surface area contributed by atoms with Crippen molar-refractivity contribution in [2.75, 3.05) is 13.1 Å². The standard InChI is InChI=1S/C19H30FN/c1-15(2)13-21-14-18(10-16-6-3-4-7-16)11-17-8-5-9-19(20)12-17/h5,8-9,12,15-16,18,21H,3-4,6-7,10-11,13-14H2,1-2H3. The normalized spacial score (nSPS) is 17.5. The van der Waals surface area contributed by atoms with E-state index in [0.29, 0.717) is 11.8 Å². The molecule has 0 saturated heterocycles. The van der Waals surface area contributed by atoms with Gasteiger partial charge in [0.1, 0.15) is 5.82 Å². The minimum Gasteiger partial charge on any atom is -0.316 e. The van der Waals surface area contributed by atoms with E-state index in [9.17, 15) is 4.39 Å². The van der Waals surface area contributed by atoms with Gasteiger partial charge in [-0.15, -0.1) is 0 Å². The molecule has 0 radical (unpaired) electrons. The quantitative estimate of drug-likeness (QED) is 0.724. The molecule has 0 aromatic heterocycles. The Kier molecular flexibility index (Phi) is 6.69. The van der Waals surface area contributed by atoms with E-state index in [-0.39, 0.29) is 5.82 Å². The van der Waals surface area contributed by atoms with Gasteiger partial charge in [0.15, 0.2) is 0 Å². The molecule has 2 heteroatoms. The summed E-state index contributed by atoms with van der Waals surface area (Å²) >= 11 is 0.